The molecule has 27 heavy (non-hydrogen) atoms. The third-order valence-corrected chi connectivity index (χ3v) is 4.55. The molecule has 0 amide bonds. The van der Waals surface area contributed by atoms with Gasteiger partial charge in [-0.2, -0.15) is 0 Å². The minimum Gasteiger partial charge on any atom is -0.507 e. The molecule has 0 aliphatic carbocycles. The van der Waals surface area contributed by atoms with Crippen molar-refractivity contribution in [3.8, 4) is 17.6 Å². The Morgan fingerprint density at radius 1 is 1.15 bits per heavy atom. The molecule has 0 aliphatic heterocycles. The predicted molar refractivity (Wildman–Crippen MR) is 107 cm³/mol. The predicted octanol–water partition coefficient (Wildman–Crippen LogP) is 4.25. The zero-order valence-electron chi connectivity index (χ0n) is 15.3. The van der Waals surface area contributed by atoms with Gasteiger partial charge in [0.25, 0.3) is 0 Å². The highest BCUT2D eigenvalue weighted by atomic mass is 16.4. The first-order chi connectivity index (χ1) is 13.0. The summed E-state index contributed by atoms with van der Waals surface area (Å²) in [6.07, 6.45) is 0. The van der Waals surface area contributed by atoms with Gasteiger partial charge in [0.1, 0.15) is 11.3 Å². The Kier molecular flexibility index (Phi) is 5.44. The molecule has 3 rings (SSSR count). The molecule has 1 unspecified atom stereocenters. The van der Waals surface area contributed by atoms with Gasteiger partial charge in [-0.05, 0) is 47.9 Å². The summed E-state index contributed by atoms with van der Waals surface area (Å²) in [5.41, 5.74) is 2.15. The van der Waals surface area contributed by atoms with Gasteiger partial charge in [-0.15, -0.1) is 0 Å². The summed E-state index contributed by atoms with van der Waals surface area (Å²) >= 11 is 0. The number of benzene rings is 3. The standard InChI is InChI=1S/C23H21NO3/c1-15-13-17(14-21(22(15)25)23(26)27)7-6-12-24-16(2)19-11-5-9-18-8-3-4-10-20(18)19/h3-5,8-11,13-14,16,24-25H,12H2,1-2H3,(H,26,27). The van der Waals surface area contributed by atoms with Crippen LogP contribution >= 0.6 is 0 Å². The van der Waals surface area contributed by atoms with E-state index in [1.807, 2.05) is 18.2 Å². The van der Waals surface area contributed by atoms with Gasteiger partial charge in [0.15, 0.2) is 0 Å². The number of carboxylic acid groups (broad SMARTS) is 1. The maximum Gasteiger partial charge on any atom is 0.339 e. The number of aromatic hydroxyl groups is 1. The molecular weight excluding hydrogens is 338 g/mol. The number of nitrogens with one attached hydrogen (secondary N) is 1. The van der Waals surface area contributed by atoms with Crippen LogP contribution < -0.4 is 5.32 Å². The van der Waals surface area contributed by atoms with Crippen molar-refractivity contribution in [2.24, 2.45) is 0 Å². The molecule has 0 fully saturated rings. The lowest BCUT2D eigenvalue weighted by atomic mass is 10.00. The van der Waals surface area contributed by atoms with E-state index >= 15 is 0 Å². The molecule has 0 aromatic heterocycles. The van der Waals surface area contributed by atoms with Crippen LogP contribution in [0.1, 0.15) is 40.0 Å². The number of aromatic carboxylic acids is 1. The monoisotopic (exact) mass is 359 g/mol. The number of rotatable bonds is 4. The minimum absolute atomic E-state index is 0.126. The molecule has 0 saturated carbocycles. The highest BCUT2D eigenvalue weighted by Gasteiger charge is 2.12. The number of hydrogen-bond donors (Lipinski definition) is 3. The molecule has 0 saturated heterocycles. The fourth-order valence-electron chi connectivity index (χ4n) is 3.10. The van der Waals surface area contributed by atoms with Gasteiger partial charge >= 0.3 is 5.97 Å². The summed E-state index contributed by atoms with van der Waals surface area (Å²) < 4.78 is 0. The first kappa shape index (κ1) is 18.5. The highest BCUT2D eigenvalue weighted by molar-refractivity contribution is 5.91. The second-order valence-corrected chi connectivity index (χ2v) is 6.47. The maximum atomic E-state index is 11.2. The van der Waals surface area contributed by atoms with E-state index in [1.54, 1.807) is 13.0 Å². The van der Waals surface area contributed by atoms with Crippen molar-refractivity contribution in [3.05, 3.63) is 76.9 Å². The molecule has 0 radical (unpaired) electrons. The van der Waals surface area contributed by atoms with E-state index < -0.39 is 5.97 Å². The number of phenols is 1. The van der Waals surface area contributed by atoms with Crippen LogP contribution in [0.5, 0.6) is 5.75 Å². The summed E-state index contributed by atoms with van der Waals surface area (Å²) in [5.74, 6) is 4.62. The highest BCUT2D eigenvalue weighted by Crippen LogP contribution is 2.24. The SMILES string of the molecule is Cc1cc(C#CCNC(C)c2cccc3ccccc23)cc(C(=O)O)c1O. The molecule has 1 atom stereocenters. The Morgan fingerprint density at radius 2 is 1.89 bits per heavy atom. The van der Waals surface area contributed by atoms with Gasteiger partial charge in [0, 0.05) is 11.6 Å². The quantitative estimate of drug-likeness (QED) is 0.609. The van der Waals surface area contributed by atoms with Crippen molar-refractivity contribution in [3.63, 3.8) is 0 Å². The van der Waals surface area contributed by atoms with Crippen molar-refractivity contribution in [2.75, 3.05) is 6.54 Å². The fourth-order valence-corrected chi connectivity index (χ4v) is 3.10. The molecule has 3 N–H and O–H groups in total. The summed E-state index contributed by atoms with van der Waals surface area (Å²) in [6.45, 7) is 4.22. The second kappa shape index (κ2) is 7.94. The van der Waals surface area contributed by atoms with E-state index in [2.05, 4.69) is 48.3 Å². The minimum atomic E-state index is -1.16. The Morgan fingerprint density at radius 3 is 2.67 bits per heavy atom. The van der Waals surface area contributed by atoms with E-state index in [-0.39, 0.29) is 17.4 Å². The first-order valence-electron chi connectivity index (χ1n) is 8.74. The number of fused-ring (bicyclic) bond motifs is 1. The molecule has 136 valence electrons. The van der Waals surface area contributed by atoms with Gasteiger partial charge in [-0.25, -0.2) is 4.79 Å². The van der Waals surface area contributed by atoms with Crippen molar-refractivity contribution in [2.45, 2.75) is 19.9 Å². The average Bonchev–Trinajstić information content (AvgIpc) is 2.66. The lowest BCUT2D eigenvalue weighted by Gasteiger charge is -2.15. The Labute approximate surface area is 158 Å². The third kappa shape index (κ3) is 4.11. The lowest BCUT2D eigenvalue weighted by molar-refractivity contribution is 0.0693. The largest absolute Gasteiger partial charge is 0.507 e. The maximum absolute atomic E-state index is 11.2. The number of carboxylic acids is 1. The first-order valence-corrected chi connectivity index (χ1v) is 8.74. The number of carbonyl (C=O) groups is 1. The molecular formula is C23H21NO3. The van der Waals surface area contributed by atoms with E-state index in [9.17, 15) is 9.90 Å². The average molecular weight is 359 g/mol. The van der Waals surface area contributed by atoms with Crippen molar-refractivity contribution < 1.29 is 15.0 Å². The molecule has 0 heterocycles. The Bertz CT molecular complexity index is 1050. The van der Waals surface area contributed by atoms with Crippen molar-refractivity contribution in [1.29, 1.82) is 0 Å². The third-order valence-electron chi connectivity index (χ3n) is 4.55. The number of aryl methyl sites for hydroxylation is 1. The topological polar surface area (TPSA) is 69.6 Å². The second-order valence-electron chi connectivity index (χ2n) is 6.47. The van der Waals surface area contributed by atoms with Crippen LogP contribution in [0, 0.1) is 18.8 Å². The molecule has 0 aliphatic rings. The van der Waals surface area contributed by atoms with E-state index in [0.717, 1.165) is 0 Å². The van der Waals surface area contributed by atoms with Gasteiger partial charge in [0.2, 0.25) is 0 Å². The van der Waals surface area contributed by atoms with Crippen LogP contribution in [0.15, 0.2) is 54.6 Å². The van der Waals surface area contributed by atoms with Crippen LogP contribution in [0.4, 0.5) is 0 Å². The summed E-state index contributed by atoms with van der Waals surface area (Å²) in [4.78, 5) is 11.2. The molecule has 0 spiro atoms. The summed E-state index contributed by atoms with van der Waals surface area (Å²) in [5, 5.41) is 24.8. The normalized spacial score (nSPS) is 11.6. The van der Waals surface area contributed by atoms with Crippen LogP contribution in [0.2, 0.25) is 0 Å². The number of hydrogen-bond acceptors (Lipinski definition) is 3. The summed E-state index contributed by atoms with van der Waals surface area (Å²) in [6, 6.07) is 17.7. The zero-order valence-corrected chi connectivity index (χ0v) is 15.3. The molecule has 4 nitrogen and oxygen atoms in total. The zero-order chi connectivity index (χ0) is 19.4. The van der Waals surface area contributed by atoms with Gasteiger partial charge in [0.05, 0.1) is 6.54 Å². The van der Waals surface area contributed by atoms with Crippen molar-refractivity contribution >= 4 is 16.7 Å². The van der Waals surface area contributed by atoms with Crippen LogP contribution in [0.3, 0.4) is 0 Å². The fraction of sp³-hybridized carbons (Fsp3) is 0.174. The van der Waals surface area contributed by atoms with Crippen LogP contribution in [0.25, 0.3) is 10.8 Å². The summed E-state index contributed by atoms with van der Waals surface area (Å²) in [7, 11) is 0. The molecule has 4 heteroatoms. The van der Waals surface area contributed by atoms with E-state index in [4.69, 9.17) is 5.11 Å². The molecule has 3 aromatic rings. The molecule has 0 bridgehead atoms. The van der Waals surface area contributed by atoms with E-state index in [1.165, 1.54) is 22.4 Å². The van der Waals surface area contributed by atoms with E-state index in [0.29, 0.717) is 17.7 Å². The Hall–Kier alpha value is -3.29. The Balaban J connectivity index is 1.73. The smallest absolute Gasteiger partial charge is 0.339 e. The van der Waals surface area contributed by atoms with Crippen LogP contribution in [-0.4, -0.2) is 22.7 Å². The van der Waals surface area contributed by atoms with Crippen molar-refractivity contribution in [1.82, 2.24) is 5.32 Å². The van der Waals surface area contributed by atoms with Crippen LogP contribution in [-0.2, 0) is 0 Å². The lowest BCUT2D eigenvalue weighted by Crippen LogP contribution is -2.19. The van der Waals surface area contributed by atoms with Gasteiger partial charge in [-0.1, -0.05) is 54.3 Å². The van der Waals surface area contributed by atoms with Gasteiger partial charge < -0.3 is 10.2 Å². The molecule has 3 aromatic carbocycles. The van der Waals surface area contributed by atoms with Gasteiger partial charge in [-0.3, -0.25) is 5.32 Å².